The van der Waals surface area contributed by atoms with E-state index in [9.17, 15) is 0 Å². The molecule has 0 atom stereocenters. The van der Waals surface area contributed by atoms with Crippen LogP contribution in [0.4, 0.5) is 0 Å². The molecular formula is C15H18N2Si. The third kappa shape index (κ3) is 2.34. The summed E-state index contributed by atoms with van der Waals surface area (Å²) in [5.41, 5.74) is 6.81. The van der Waals surface area contributed by atoms with Gasteiger partial charge in [0.25, 0.3) is 0 Å². The lowest BCUT2D eigenvalue weighted by atomic mass is 10.2. The third-order valence-corrected chi connectivity index (χ3v) is 3.97. The summed E-state index contributed by atoms with van der Waals surface area (Å²) in [7, 11) is -1.30. The van der Waals surface area contributed by atoms with Crippen LogP contribution >= 0.6 is 0 Å². The van der Waals surface area contributed by atoms with Crippen LogP contribution in [0.3, 0.4) is 0 Å². The number of nitrogens with zero attached hydrogens (tertiary/aromatic N) is 2. The highest BCUT2D eigenvalue weighted by atomic mass is 28.3. The molecule has 0 radical (unpaired) electrons. The fourth-order valence-electron chi connectivity index (χ4n) is 2.01. The summed E-state index contributed by atoms with van der Waals surface area (Å²) < 4.78 is 2.30. The van der Waals surface area contributed by atoms with Gasteiger partial charge >= 0.3 is 0 Å². The van der Waals surface area contributed by atoms with E-state index >= 15 is 0 Å². The standard InChI is InChI=1S/C15H18N2Si/c1-18(2,3)9-8-12-4-7-15-14(10-12)16-11-17(15)13-5-6-13/h4,7,10-11,13H,5-6H2,1-3H3. The number of fused-ring (bicyclic) bond motifs is 1. The van der Waals surface area contributed by atoms with Crippen molar-refractivity contribution in [1.82, 2.24) is 9.55 Å². The smallest absolute Gasteiger partial charge is 0.129 e. The molecule has 1 saturated carbocycles. The predicted octanol–water partition coefficient (Wildman–Crippen LogP) is 3.60. The van der Waals surface area contributed by atoms with Crippen LogP contribution in [0.5, 0.6) is 0 Å². The van der Waals surface area contributed by atoms with Gasteiger partial charge in [0.05, 0.1) is 17.4 Å². The van der Waals surface area contributed by atoms with Crippen molar-refractivity contribution in [3.05, 3.63) is 30.1 Å². The lowest BCUT2D eigenvalue weighted by Gasteiger charge is -2.03. The Hall–Kier alpha value is -1.53. The van der Waals surface area contributed by atoms with E-state index in [0.29, 0.717) is 6.04 Å². The van der Waals surface area contributed by atoms with E-state index < -0.39 is 8.07 Å². The molecule has 0 amide bonds. The molecule has 0 N–H and O–H groups in total. The van der Waals surface area contributed by atoms with Crippen LogP contribution in [0.25, 0.3) is 11.0 Å². The minimum atomic E-state index is -1.30. The maximum Gasteiger partial charge on any atom is 0.129 e. The van der Waals surface area contributed by atoms with Crippen molar-refractivity contribution in [3.63, 3.8) is 0 Å². The quantitative estimate of drug-likeness (QED) is 0.561. The SMILES string of the molecule is C[Si](C)(C)C#Cc1ccc2c(c1)ncn2C1CC1. The van der Waals surface area contributed by atoms with Crippen molar-refractivity contribution in [2.24, 2.45) is 0 Å². The Morgan fingerprint density at radius 3 is 2.72 bits per heavy atom. The average Bonchev–Trinajstić information content (AvgIpc) is 3.06. The molecule has 92 valence electrons. The van der Waals surface area contributed by atoms with Gasteiger partial charge in [0.1, 0.15) is 8.07 Å². The van der Waals surface area contributed by atoms with Gasteiger partial charge < -0.3 is 4.57 Å². The third-order valence-electron chi connectivity index (χ3n) is 3.10. The summed E-state index contributed by atoms with van der Waals surface area (Å²) in [4.78, 5) is 4.49. The molecule has 1 aliphatic carbocycles. The minimum Gasteiger partial charge on any atom is -0.327 e. The number of hydrogen-bond acceptors (Lipinski definition) is 1. The second kappa shape index (κ2) is 3.99. The van der Waals surface area contributed by atoms with Gasteiger partial charge in [-0.2, -0.15) is 0 Å². The molecule has 0 bridgehead atoms. The van der Waals surface area contributed by atoms with Crippen LogP contribution in [0.1, 0.15) is 24.4 Å². The Labute approximate surface area is 109 Å². The summed E-state index contributed by atoms with van der Waals surface area (Å²) >= 11 is 0. The molecule has 3 rings (SSSR count). The molecule has 1 aromatic heterocycles. The molecule has 3 heteroatoms. The van der Waals surface area contributed by atoms with Gasteiger partial charge in [0.15, 0.2) is 0 Å². The van der Waals surface area contributed by atoms with Crippen LogP contribution in [-0.4, -0.2) is 17.6 Å². The Balaban J connectivity index is 1.98. The number of imidazole rings is 1. The van der Waals surface area contributed by atoms with E-state index in [0.717, 1.165) is 11.1 Å². The number of aromatic nitrogens is 2. The van der Waals surface area contributed by atoms with E-state index in [4.69, 9.17) is 0 Å². The van der Waals surface area contributed by atoms with Gasteiger partial charge in [0.2, 0.25) is 0 Å². The van der Waals surface area contributed by atoms with Gasteiger partial charge in [-0.1, -0.05) is 25.6 Å². The Kier molecular flexibility index (Phi) is 2.56. The Morgan fingerprint density at radius 1 is 1.28 bits per heavy atom. The molecule has 2 nitrogen and oxygen atoms in total. The van der Waals surface area contributed by atoms with Crippen molar-refractivity contribution in [2.75, 3.05) is 0 Å². The second-order valence-corrected chi connectivity index (χ2v) is 10.8. The van der Waals surface area contributed by atoms with Crippen molar-refractivity contribution in [1.29, 1.82) is 0 Å². The van der Waals surface area contributed by atoms with E-state index in [2.05, 4.69) is 58.9 Å². The van der Waals surface area contributed by atoms with Crippen LogP contribution in [0, 0.1) is 11.5 Å². The van der Waals surface area contributed by atoms with Crippen molar-refractivity contribution in [3.8, 4) is 11.5 Å². The molecule has 1 fully saturated rings. The molecule has 0 unspecified atom stereocenters. The van der Waals surface area contributed by atoms with Gasteiger partial charge in [0, 0.05) is 11.6 Å². The summed E-state index contributed by atoms with van der Waals surface area (Å²) in [6.07, 6.45) is 4.56. The molecule has 0 spiro atoms. The van der Waals surface area contributed by atoms with Crippen molar-refractivity contribution >= 4 is 19.1 Å². The first-order valence-corrected chi connectivity index (χ1v) is 10.0. The molecule has 18 heavy (non-hydrogen) atoms. The van der Waals surface area contributed by atoms with Gasteiger partial charge in [-0.05, 0) is 31.0 Å². The summed E-state index contributed by atoms with van der Waals surface area (Å²) in [5, 5.41) is 0. The topological polar surface area (TPSA) is 17.8 Å². The zero-order valence-corrected chi connectivity index (χ0v) is 12.2. The van der Waals surface area contributed by atoms with Crippen LogP contribution < -0.4 is 0 Å². The lowest BCUT2D eigenvalue weighted by Crippen LogP contribution is -2.16. The molecule has 1 aliphatic rings. The largest absolute Gasteiger partial charge is 0.327 e. The molecule has 0 saturated heterocycles. The fraction of sp³-hybridized carbons (Fsp3) is 0.400. The first kappa shape index (κ1) is 11.6. The van der Waals surface area contributed by atoms with Crippen molar-refractivity contribution < 1.29 is 0 Å². The molecule has 0 aliphatic heterocycles. The average molecular weight is 254 g/mol. The monoisotopic (exact) mass is 254 g/mol. The highest BCUT2D eigenvalue weighted by Crippen LogP contribution is 2.37. The van der Waals surface area contributed by atoms with E-state index in [1.54, 1.807) is 0 Å². The van der Waals surface area contributed by atoms with Gasteiger partial charge in [-0.15, -0.1) is 5.54 Å². The maximum atomic E-state index is 4.49. The predicted molar refractivity (Wildman–Crippen MR) is 78.2 cm³/mol. The van der Waals surface area contributed by atoms with E-state index in [-0.39, 0.29) is 0 Å². The minimum absolute atomic E-state index is 0.689. The highest BCUT2D eigenvalue weighted by molar-refractivity contribution is 6.83. The first-order chi connectivity index (χ1) is 8.53. The van der Waals surface area contributed by atoms with E-state index in [1.807, 2.05) is 6.33 Å². The Bertz CT molecular complexity index is 648. The highest BCUT2D eigenvalue weighted by Gasteiger charge is 2.24. The summed E-state index contributed by atoms with van der Waals surface area (Å²) in [6, 6.07) is 7.08. The number of benzene rings is 1. The first-order valence-electron chi connectivity index (χ1n) is 6.53. The number of hydrogen-bond donors (Lipinski definition) is 0. The molecule has 2 aromatic rings. The normalized spacial score (nSPS) is 15.5. The zero-order valence-electron chi connectivity index (χ0n) is 11.2. The Morgan fingerprint density at radius 2 is 2.06 bits per heavy atom. The second-order valence-electron chi connectivity index (χ2n) is 6.09. The lowest BCUT2D eigenvalue weighted by molar-refractivity contribution is 0.766. The number of rotatable bonds is 1. The molecule has 1 heterocycles. The van der Waals surface area contributed by atoms with Crippen LogP contribution in [0.15, 0.2) is 24.5 Å². The van der Waals surface area contributed by atoms with Gasteiger partial charge in [-0.3, -0.25) is 0 Å². The molecule has 1 aromatic carbocycles. The summed E-state index contributed by atoms with van der Waals surface area (Å²) in [6.45, 7) is 6.79. The zero-order chi connectivity index (χ0) is 12.8. The molecular weight excluding hydrogens is 236 g/mol. The van der Waals surface area contributed by atoms with Crippen molar-refractivity contribution in [2.45, 2.75) is 38.5 Å². The maximum absolute atomic E-state index is 4.49. The van der Waals surface area contributed by atoms with Crippen LogP contribution in [-0.2, 0) is 0 Å². The van der Waals surface area contributed by atoms with Crippen LogP contribution in [0.2, 0.25) is 19.6 Å². The van der Waals surface area contributed by atoms with E-state index in [1.165, 1.54) is 18.4 Å². The van der Waals surface area contributed by atoms with Gasteiger partial charge in [-0.25, -0.2) is 4.98 Å². The summed E-state index contributed by atoms with van der Waals surface area (Å²) in [5.74, 6) is 3.29. The fourth-order valence-corrected chi connectivity index (χ4v) is 2.53.